The minimum Gasteiger partial charge on any atom is -0.402 e. The molecular weight excluding hydrogens is 450 g/mol. The van der Waals surface area contributed by atoms with Gasteiger partial charge in [0.25, 0.3) is 0 Å². The van der Waals surface area contributed by atoms with Crippen LogP contribution >= 0.6 is 0 Å². The summed E-state index contributed by atoms with van der Waals surface area (Å²) in [5.74, 6) is 0.127. The van der Waals surface area contributed by atoms with Crippen LogP contribution in [0.1, 0.15) is 87.7 Å². The first kappa shape index (κ1) is 26.0. The highest BCUT2D eigenvalue weighted by atomic mass is 15.2. The molecule has 196 valence electrons. The average Bonchev–Trinajstić information content (AvgIpc) is 2.95. The van der Waals surface area contributed by atoms with Gasteiger partial charge in [0.05, 0.1) is 12.1 Å². The lowest BCUT2D eigenvalue weighted by atomic mass is 9.87. The maximum Gasteiger partial charge on any atom is 0.0702 e. The van der Waals surface area contributed by atoms with Gasteiger partial charge in [-0.05, 0) is 60.4 Å². The molecule has 2 fully saturated rings. The van der Waals surface area contributed by atoms with Crippen LogP contribution in [-0.4, -0.2) is 18.2 Å². The quantitative estimate of drug-likeness (QED) is 0.254. The predicted molar refractivity (Wildman–Crippen MR) is 158 cm³/mol. The van der Waals surface area contributed by atoms with E-state index in [0.717, 1.165) is 18.5 Å². The number of hydrogen-bond donors (Lipinski definition) is 3. The maximum atomic E-state index is 7.00. The standard InChI is InChI=1S/C34H45N3/c35-32(22-12-13-26-23-24-27-14-10-11-17-29(27)25-26)33(28-15-4-1-5-16-28)34(36-30-18-6-2-7-19-30)37-31-20-8-3-9-21-31/h1,4-5,10-11,14-17,22-25,30-31,33-34,36-37H,2-3,6-9,12-13,18-21,35H2/b32-22-. The van der Waals surface area contributed by atoms with E-state index in [9.17, 15) is 0 Å². The van der Waals surface area contributed by atoms with E-state index >= 15 is 0 Å². The Morgan fingerprint density at radius 3 is 1.97 bits per heavy atom. The molecule has 0 bridgehead atoms. The fourth-order valence-electron chi connectivity index (χ4n) is 6.45. The Kier molecular flexibility index (Phi) is 9.32. The van der Waals surface area contributed by atoms with Gasteiger partial charge in [0.1, 0.15) is 0 Å². The molecule has 3 aromatic carbocycles. The molecular formula is C34H45N3. The van der Waals surface area contributed by atoms with Gasteiger partial charge in [-0.15, -0.1) is 0 Å². The third-order valence-corrected chi connectivity index (χ3v) is 8.52. The highest BCUT2D eigenvalue weighted by molar-refractivity contribution is 5.82. The van der Waals surface area contributed by atoms with Crippen molar-refractivity contribution in [1.82, 2.24) is 10.6 Å². The second-order valence-corrected chi connectivity index (χ2v) is 11.3. The lowest BCUT2D eigenvalue weighted by molar-refractivity contribution is 0.247. The monoisotopic (exact) mass is 495 g/mol. The molecule has 3 heteroatoms. The Labute approximate surface area is 223 Å². The van der Waals surface area contributed by atoms with Gasteiger partial charge in [0.2, 0.25) is 0 Å². The molecule has 5 rings (SSSR count). The van der Waals surface area contributed by atoms with Crippen LogP contribution in [0.5, 0.6) is 0 Å². The first-order valence-corrected chi connectivity index (χ1v) is 14.8. The van der Waals surface area contributed by atoms with Crippen molar-refractivity contribution in [3.05, 3.63) is 95.7 Å². The molecule has 3 aromatic rings. The van der Waals surface area contributed by atoms with E-state index in [1.165, 1.54) is 86.1 Å². The molecule has 1 unspecified atom stereocenters. The minimum atomic E-state index is 0.127. The Morgan fingerprint density at radius 1 is 0.730 bits per heavy atom. The number of nitrogens with one attached hydrogen (secondary N) is 2. The first-order chi connectivity index (χ1) is 18.3. The summed E-state index contributed by atoms with van der Waals surface area (Å²) in [5, 5.41) is 10.8. The topological polar surface area (TPSA) is 50.1 Å². The summed E-state index contributed by atoms with van der Waals surface area (Å²) in [6.07, 6.45) is 17.6. The van der Waals surface area contributed by atoms with E-state index in [0.29, 0.717) is 12.1 Å². The van der Waals surface area contributed by atoms with Crippen molar-refractivity contribution in [2.24, 2.45) is 5.73 Å². The van der Waals surface area contributed by atoms with Crippen molar-refractivity contribution >= 4 is 10.8 Å². The van der Waals surface area contributed by atoms with Crippen molar-refractivity contribution in [3.8, 4) is 0 Å². The number of fused-ring (bicyclic) bond motifs is 1. The zero-order valence-corrected chi connectivity index (χ0v) is 22.4. The molecule has 0 radical (unpaired) electrons. The van der Waals surface area contributed by atoms with Crippen molar-refractivity contribution in [1.29, 1.82) is 0 Å². The number of allylic oxidation sites excluding steroid dienone is 1. The predicted octanol–water partition coefficient (Wildman–Crippen LogP) is 7.57. The van der Waals surface area contributed by atoms with Crippen LogP contribution in [-0.2, 0) is 6.42 Å². The fourth-order valence-corrected chi connectivity index (χ4v) is 6.45. The van der Waals surface area contributed by atoms with E-state index in [1.54, 1.807) is 0 Å². The summed E-state index contributed by atoms with van der Waals surface area (Å²) in [4.78, 5) is 0. The van der Waals surface area contributed by atoms with E-state index in [2.05, 4.69) is 89.5 Å². The van der Waals surface area contributed by atoms with Crippen LogP contribution in [0, 0.1) is 0 Å². The number of aryl methyl sites for hydroxylation is 1. The molecule has 0 heterocycles. The number of rotatable bonds is 10. The van der Waals surface area contributed by atoms with Gasteiger partial charge in [-0.2, -0.15) is 0 Å². The largest absolute Gasteiger partial charge is 0.402 e. The third kappa shape index (κ3) is 7.24. The molecule has 2 aliphatic carbocycles. The summed E-state index contributed by atoms with van der Waals surface area (Å²) < 4.78 is 0. The molecule has 2 saturated carbocycles. The van der Waals surface area contributed by atoms with Crippen molar-refractivity contribution < 1.29 is 0 Å². The normalized spacial score (nSPS) is 18.9. The van der Waals surface area contributed by atoms with Gasteiger partial charge >= 0.3 is 0 Å². The number of benzene rings is 3. The smallest absolute Gasteiger partial charge is 0.0702 e. The van der Waals surface area contributed by atoms with Gasteiger partial charge in [0, 0.05) is 17.8 Å². The minimum absolute atomic E-state index is 0.127. The molecule has 0 spiro atoms. The van der Waals surface area contributed by atoms with Gasteiger partial charge in [-0.3, -0.25) is 10.6 Å². The number of hydrogen-bond acceptors (Lipinski definition) is 3. The van der Waals surface area contributed by atoms with Gasteiger partial charge < -0.3 is 5.73 Å². The summed E-state index contributed by atoms with van der Waals surface area (Å²) in [7, 11) is 0. The molecule has 0 aliphatic heterocycles. The second-order valence-electron chi connectivity index (χ2n) is 11.3. The van der Waals surface area contributed by atoms with Crippen molar-refractivity contribution in [3.63, 3.8) is 0 Å². The average molecular weight is 496 g/mol. The zero-order chi connectivity index (χ0) is 25.3. The van der Waals surface area contributed by atoms with Crippen LogP contribution in [0.15, 0.2) is 84.6 Å². The summed E-state index contributed by atoms with van der Waals surface area (Å²) >= 11 is 0. The Hall–Kier alpha value is -2.62. The highest BCUT2D eigenvalue weighted by Crippen LogP contribution is 2.29. The lowest BCUT2D eigenvalue weighted by Gasteiger charge is -2.38. The van der Waals surface area contributed by atoms with E-state index in [4.69, 9.17) is 5.73 Å². The molecule has 2 aliphatic rings. The lowest BCUT2D eigenvalue weighted by Crippen LogP contribution is -2.55. The summed E-state index contributed by atoms with van der Waals surface area (Å²) in [5.41, 5.74) is 10.7. The van der Waals surface area contributed by atoms with Crippen molar-refractivity contribution in [2.75, 3.05) is 0 Å². The summed E-state index contributed by atoms with van der Waals surface area (Å²) in [6.45, 7) is 0. The molecule has 4 N–H and O–H groups in total. The van der Waals surface area contributed by atoms with Gasteiger partial charge in [-0.25, -0.2) is 0 Å². The molecule has 0 amide bonds. The number of nitrogens with two attached hydrogens (primary N) is 1. The van der Waals surface area contributed by atoms with E-state index in [1.807, 2.05) is 0 Å². The fraction of sp³-hybridized carbons (Fsp3) is 0.471. The SMILES string of the molecule is N/C(=C\CCc1ccc2ccccc2c1)C(c1ccccc1)C(NC1CCCCC1)NC1CCCCC1. The maximum absolute atomic E-state index is 7.00. The molecule has 0 saturated heterocycles. The van der Waals surface area contributed by atoms with Crippen LogP contribution in [0.2, 0.25) is 0 Å². The Bertz CT molecular complexity index is 1110. The first-order valence-electron chi connectivity index (χ1n) is 14.8. The highest BCUT2D eigenvalue weighted by Gasteiger charge is 2.30. The molecule has 3 nitrogen and oxygen atoms in total. The molecule has 0 aromatic heterocycles. The zero-order valence-electron chi connectivity index (χ0n) is 22.4. The van der Waals surface area contributed by atoms with Gasteiger partial charge in [0.15, 0.2) is 0 Å². The third-order valence-electron chi connectivity index (χ3n) is 8.52. The molecule has 1 atom stereocenters. The van der Waals surface area contributed by atoms with E-state index in [-0.39, 0.29) is 12.1 Å². The van der Waals surface area contributed by atoms with Crippen LogP contribution < -0.4 is 16.4 Å². The van der Waals surface area contributed by atoms with Crippen LogP contribution in [0.25, 0.3) is 10.8 Å². The van der Waals surface area contributed by atoms with Crippen LogP contribution in [0.4, 0.5) is 0 Å². The Balaban J connectivity index is 1.36. The van der Waals surface area contributed by atoms with E-state index < -0.39 is 0 Å². The van der Waals surface area contributed by atoms with Crippen LogP contribution in [0.3, 0.4) is 0 Å². The van der Waals surface area contributed by atoms with Gasteiger partial charge in [-0.1, -0.05) is 117 Å². The second kappa shape index (κ2) is 13.3. The Morgan fingerprint density at radius 2 is 1.32 bits per heavy atom. The summed E-state index contributed by atoms with van der Waals surface area (Å²) in [6, 6.07) is 27.5. The molecule has 37 heavy (non-hydrogen) atoms. The van der Waals surface area contributed by atoms with Crippen molar-refractivity contribution in [2.45, 2.75) is 101 Å².